The molecule has 0 aliphatic carbocycles. The molecule has 0 aliphatic rings. The lowest BCUT2D eigenvalue weighted by molar-refractivity contribution is -0.118. The summed E-state index contributed by atoms with van der Waals surface area (Å²) in [6.45, 7) is 2.03. The molecule has 7 nitrogen and oxygen atoms in total. The highest BCUT2D eigenvalue weighted by molar-refractivity contribution is 7.89. The third-order valence-corrected chi connectivity index (χ3v) is 5.61. The molecule has 2 aromatic carbocycles. The van der Waals surface area contributed by atoms with Gasteiger partial charge in [0.05, 0.1) is 22.2 Å². The summed E-state index contributed by atoms with van der Waals surface area (Å²) in [5, 5.41) is 2.80. The van der Waals surface area contributed by atoms with Gasteiger partial charge in [-0.3, -0.25) is 4.79 Å². The zero-order valence-electron chi connectivity index (χ0n) is 15.2. The van der Waals surface area contributed by atoms with E-state index in [-0.39, 0.29) is 22.3 Å². The molecular weight excluding hydrogens is 392 g/mol. The zero-order valence-corrected chi connectivity index (χ0v) is 16.8. The molecule has 0 atom stereocenters. The second-order valence-electron chi connectivity index (χ2n) is 5.65. The molecule has 27 heavy (non-hydrogen) atoms. The van der Waals surface area contributed by atoms with Crippen LogP contribution in [0.3, 0.4) is 0 Å². The highest BCUT2D eigenvalue weighted by Crippen LogP contribution is 2.28. The van der Waals surface area contributed by atoms with Crippen molar-refractivity contribution in [3.63, 3.8) is 0 Å². The van der Waals surface area contributed by atoms with Gasteiger partial charge in [0.15, 0.2) is 6.61 Å². The molecule has 9 heteroatoms. The number of carbonyl (C=O) groups excluding carboxylic acids is 1. The van der Waals surface area contributed by atoms with Gasteiger partial charge in [0.1, 0.15) is 11.5 Å². The Morgan fingerprint density at radius 3 is 2.44 bits per heavy atom. The second kappa shape index (κ2) is 9.07. The molecule has 0 fully saturated rings. The number of nitrogens with one attached hydrogen (secondary N) is 1. The first-order valence-electron chi connectivity index (χ1n) is 8.12. The lowest BCUT2D eigenvalue weighted by atomic mass is 10.3. The molecule has 0 unspecified atom stereocenters. The molecule has 0 radical (unpaired) electrons. The lowest BCUT2D eigenvalue weighted by Crippen LogP contribution is -2.22. The molecule has 0 aliphatic heterocycles. The van der Waals surface area contributed by atoms with Crippen molar-refractivity contribution in [2.24, 2.45) is 0 Å². The van der Waals surface area contributed by atoms with E-state index in [4.69, 9.17) is 21.1 Å². The van der Waals surface area contributed by atoms with E-state index >= 15 is 0 Å². The maximum atomic E-state index is 12.1. The highest BCUT2D eigenvalue weighted by Gasteiger charge is 2.19. The number of hydrogen-bond acceptors (Lipinski definition) is 5. The number of carbonyl (C=O) groups is 1. The van der Waals surface area contributed by atoms with Gasteiger partial charge >= 0.3 is 0 Å². The third-order valence-electron chi connectivity index (χ3n) is 3.50. The molecule has 0 heterocycles. The Morgan fingerprint density at radius 1 is 1.11 bits per heavy atom. The van der Waals surface area contributed by atoms with Crippen molar-refractivity contribution in [2.45, 2.75) is 11.8 Å². The van der Waals surface area contributed by atoms with Crippen molar-refractivity contribution in [2.75, 3.05) is 32.6 Å². The number of nitrogens with zero attached hydrogens (tertiary/aromatic N) is 1. The molecule has 146 valence electrons. The molecule has 0 bridgehead atoms. The number of hydrogen-bond donors (Lipinski definition) is 1. The summed E-state index contributed by atoms with van der Waals surface area (Å²) in [6.07, 6.45) is 0. The van der Waals surface area contributed by atoms with E-state index in [9.17, 15) is 13.2 Å². The van der Waals surface area contributed by atoms with Gasteiger partial charge in [0.25, 0.3) is 5.91 Å². The maximum Gasteiger partial charge on any atom is 0.262 e. The number of para-hydroxylation sites is 2. The number of ether oxygens (including phenoxy) is 2. The van der Waals surface area contributed by atoms with Crippen LogP contribution < -0.4 is 14.8 Å². The Balaban J connectivity index is 2.04. The van der Waals surface area contributed by atoms with Gasteiger partial charge in [-0.05, 0) is 37.3 Å². The van der Waals surface area contributed by atoms with Crippen molar-refractivity contribution < 1.29 is 22.7 Å². The van der Waals surface area contributed by atoms with Gasteiger partial charge in [0, 0.05) is 14.1 Å². The number of rotatable bonds is 8. The van der Waals surface area contributed by atoms with Crippen LogP contribution in [-0.4, -0.2) is 45.9 Å². The Labute approximate surface area is 163 Å². The van der Waals surface area contributed by atoms with Crippen molar-refractivity contribution in [3.05, 3.63) is 47.5 Å². The summed E-state index contributed by atoms with van der Waals surface area (Å²) < 4.78 is 36.1. The normalized spacial score (nSPS) is 11.3. The summed E-state index contributed by atoms with van der Waals surface area (Å²) in [5.41, 5.74) is 0.534. The van der Waals surface area contributed by atoms with Gasteiger partial charge in [-0.25, -0.2) is 12.7 Å². The maximum absolute atomic E-state index is 12.1. The average molecular weight is 413 g/mol. The Morgan fingerprint density at radius 2 is 1.81 bits per heavy atom. The summed E-state index contributed by atoms with van der Waals surface area (Å²) in [6, 6.07) is 11.1. The predicted octanol–water partition coefficient (Wildman–Crippen LogP) is 3.01. The van der Waals surface area contributed by atoms with Crippen LogP contribution in [0.1, 0.15) is 6.92 Å². The smallest absolute Gasteiger partial charge is 0.262 e. The van der Waals surface area contributed by atoms with E-state index in [1.165, 1.54) is 32.3 Å². The van der Waals surface area contributed by atoms with Gasteiger partial charge in [-0.2, -0.15) is 0 Å². The van der Waals surface area contributed by atoms with Crippen LogP contribution in [0.25, 0.3) is 0 Å². The second-order valence-corrected chi connectivity index (χ2v) is 8.20. The minimum absolute atomic E-state index is 0.0416. The van der Waals surface area contributed by atoms with Crippen molar-refractivity contribution in [1.82, 2.24) is 4.31 Å². The van der Waals surface area contributed by atoms with Crippen LogP contribution in [0, 0.1) is 0 Å². The first-order valence-corrected chi connectivity index (χ1v) is 9.94. The van der Waals surface area contributed by atoms with E-state index < -0.39 is 15.9 Å². The Bertz CT molecular complexity index is 916. The fraction of sp³-hybridized carbons (Fsp3) is 0.278. The largest absolute Gasteiger partial charge is 0.492 e. The van der Waals surface area contributed by atoms with Crippen LogP contribution in [0.4, 0.5) is 5.69 Å². The fourth-order valence-corrected chi connectivity index (χ4v) is 3.38. The molecule has 2 rings (SSSR count). The molecule has 1 amide bonds. The van der Waals surface area contributed by atoms with E-state index in [0.29, 0.717) is 18.0 Å². The minimum Gasteiger partial charge on any atom is -0.492 e. The third kappa shape index (κ3) is 5.35. The van der Waals surface area contributed by atoms with Crippen LogP contribution in [0.5, 0.6) is 11.5 Å². The number of sulfonamides is 1. The van der Waals surface area contributed by atoms with E-state index in [1.54, 1.807) is 24.3 Å². The fourth-order valence-electron chi connectivity index (χ4n) is 2.15. The number of amides is 1. The Hall–Kier alpha value is -2.29. The minimum atomic E-state index is -3.60. The van der Waals surface area contributed by atoms with Crippen LogP contribution in [0.2, 0.25) is 5.02 Å². The first kappa shape index (κ1) is 21.0. The lowest BCUT2D eigenvalue weighted by Gasteiger charge is -2.14. The molecule has 1 N–H and O–H groups in total. The van der Waals surface area contributed by atoms with E-state index in [1.807, 2.05) is 6.92 Å². The highest BCUT2D eigenvalue weighted by atomic mass is 35.5. The molecule has 0 saturated carbocycles. The van der Waals surface area contributed by atoms with Crippen molar-refractivity contribution in [3.8, 4) is 11.5 Å². The molecular formula is C18H21ClN2O5S. The molecule has 2 aromatic rings. The predicted molar refractivity (Wildman–Crippen MR) is 104 cm³/mol. The molecule has 0 spiro atoms. The van der Waals surface area contributed by atoms with Gasteiger partial charge in [-0.1, -0.05) is 23.7 Å². The molecule has 0 aromatic heterocycles. The van der Waals surface area contributed by atoms with Gasteiger partial charge in [0.2, 0.25) is 10.0 Å². The zero-order chi connectivity index (χ0) is 20.0. The van der Waals surface area contributed by atoms with Crippen LogP contribution in [-0.2, 0) is 14.8 Å². The number of anilines is 1. The molecule has 0 saturated heterocycles. The van der Waals surface area contributed by atoms with E-state index in [2.05, 4.69) is 5.32 Å². The summed E-state index contributed by atoms with van der Waals surface area (Å²) in [7, 11) is -0.741. The van der Waals surface area contributed by atoms with Crippen molar-refractivity contribution >= 4 is 33.2 Å². The average Bonchev–Trinajstić information content (AvgIpc) is 2.62. The topological polar surface area (TPSA) is 84.9 Å². The Kier molecular flexibility index (Phi) is 7.06. The summed E-state index contributed by atoms with van der Waals surface area (Å²) in [4.78, 5) is 12.2. The van der Waals surface area contributed by atoms with Gasteiger partial charge in [-0.15, -0.1) is 0 Å². The van der Waals surface area contributed by atoms with Crippen LogP contribution in [0.15, 0.2) is 47.4 Å². The standard InChI is InChI=1S/C18H21ClN2O5S/c1-4-25-17-8-6-5-7-15(17)20-18(22)12-26-16-10-9-13(11-14(16)19)27(23,24)21(2)3/h5-11H,4,12H2,1-3H3,(H,20,22). The van der Waals surface area contributed by atoms with Gasteiger partial charge < -0.3 is 14.8 Å². The summed E-state index contributed by atoms with van der Waals surface area (Å²) >= 11 is 6.09. The number of benzene rings is 2. The van der Waals surface area contributed by atoms with Crippen LogP contribution >= 0.6 is 11.6 Å². The number of halogens is 1. The van der Waals surface area contributed by atoms with Crippen molar-refractivity contribution in [1.29, 1.82) is 0 Å². The monoisotopic (exact) mass is 412 g/mol. The quantitative estimate of drug-likeness (QED) is 0.720. The summed E-state index contributed by atoms with van der Waals surface area (Å²) in [5.74, 6) is 0.371. The first-order chi connectivity index (χ1) is 12.8. The van der Waals surface area contributed by atoms with E-state index in [0.717, 1.165) is 4.31 Å². The SMILES string of the molecule is CCOc1ccccc1NC(=O)COc1ccc(S(=O)(=O)N(C)C)cc1Cl.